The van der Waals surface area contributed by atoms with Crippen LogP contribution in [0.25, 0.3) is 0 Å². The van der Waals surface area contributed by atoms with E-state index < -0.39 is 15.5 Å². The molecule has 1 rings (SSSR count). The second-order valence-corrected chi connectivity index (χ2v) is 3.73. The van der Waals surface area contributed by atoms with E-state index in [0.29, 0.717) is 0 Å². The Morgan fingerprint density at radius 1 is 1.32 bits per heavy atom. The predicted molar refractivity (Wildman–Crippen MR) is 71.7 cm³/mol. The van der Waals surface area contributed by atoms with Gasteiger partial charge in [0.05, 0.1) is 27.2 Å². The highest BCUT2D eigenvalue weighted by molar-refractivity contribution is 6.44. The lowest BCUT2D eigenvalue weighted by Gasteiger charge is -2.01. The van der Waals surface area contributed by atoms with Crippen LogP contribution in [0, 0.1) is 20.2 Å². The molecule has 0 aliphatic rings. The molecule has 0 aromatic heterocycles. The summed E-state index contributed by atoms with van der Waals surface area (Å²) in [6, 6.07) is 3.12. The Bertz CT molecular complexity index is 573. The Labute approximate surface area is 116 Å². The van der Waals surface area contributed by atoms with Crippen LogP contribution in [0.1, 0.15) is 0 Å². The average molecular weight is 305 g/mol. The van der Waals surface area contributed by atoms with Crippen molar-refractivity contribution in [1.82, 2.24) is 0 Å². The number of hydrogen-bond donors (Lipinski definition) is 1. The molecule has 0 aliphatic carbocycles. The molecule has 19 heavy (non-hydrogen) atoms. The number of nitro benzene ring substituents is 2. The number of rotatable bonds is 5. The fraction of sp³-hybridized carbons (Fsp3) is 0. The smallest absolute Gasteiger partial charge is 0.272 e. The SMILES string of the molecule is O=[N+]([O-])c1ccc(N/N=C\C(Cl)=C/Cl)c([N+](=O)[O-])c1. The minimum Gasteiger partial charge on any atom is -0.272 e. The summed E-state index contributed by atoms with van der Waals surface area (Å²) < 4.78 is 0. The van der Waals surface area contributed by atoms with E-state index in [1.54, 1.807) is 0 Å². The Morgan fingerprint density at radius 3 is 2.53 bits per heavy atom. The van der Waals surface area contributed by atoms with Crippen molar-refractivity contribution in [3.05, 3.63) is 49.0 Å². The summed E-state index contributed by atoms with van der Waals surface area (Å²) in [5.74, 6) is 0. The first-order valence-electron chi connectivity index (χ1n) is 4.63. The van der Waals surface area contributed by atoms with E-state index in [1.165, 1.54) is 6.07 Å². The fourth-order valence-electron chi connectivity index (χ4n) is 1.07. The van der Waals surface area contributed by atoms with Gasteiger partial charge in [0.1, 0.15) is 5.69 Å². The van der Waals surface area contributed by atoms with Gasteiger partial charge in [-0.1, -0.05) is 23.2 Å². The number of hydrazone groups is 1. The molecule has 0 saturated heterocycles. The zero-order valence-electron chi connectivity index (χ0n) is 9.12. The number of nitro groups is 2. The number of nitrogens with zero attached hydrogens (tertiary/aromatic N) is 3. The van der Waals surface area contributed by atoms with E-state index in [0.717, 1.165) is 23.9 Å². The molecule has 0 unspecified atom stereocenters. The predicted octanol–water partition coefficient (Wildman–Crippen LogP) is 3.22. The van der Waals surface area contributed by atoms with Crippen molar-refractivity contribution >= 4 is 46.5 Å². The van der Waals surface area contributed by atoms with Crippen molar-refractivity contribution in [3.8, 4) is 0 Å². The van der Waals surface area contributed by atoms with Crippen LogP contribution in [0.2, 0.25) is 0 Å². The van der Waals surface area contributed by atoms with E-state index in [4.69, 9.17) is 23.2 Å². The van der Waals surface area contributed by atoms with Crippen molar-refractivity contribution in [3.63, 3.8) is 0 Å². The zero-order chi connectivity index (χ0) is 14.4. The van der Waals surface area contributed by atoms with Gasteiger partial charge in [-0.25, -0.2) is 0 Å². The third kappa shape index (κ3) is 4.19. The Hall–Kier alpha value is -2.19. The first-order valence-corrected chi connectivity index (χ1v) is 5.45. The molecule has 0 fully saturated rings. The van der Waals surface area contributed by atoms with Gasteiger partial charge in [0.2, 0.25) is 0 Å². The number of halogens is 2. The van der Waals surface area contributed by atoms with Crippen LogP contribution in [0.3, 0.4) is 0 Å². The first kappa shape index (κ1) is 14.9. The summed E-state index contributed by atoms with van der Waals surface area (Å²) in [6.07, 6.45) is 1.12. The molecule has 0 radical (unpaired) electrons. The summed E-state index contributed by atoms with van der Waals surface area (Å²) in [4.78, 5) is 19.8. The topological polar surface area (TPSA) is 111 Å². The maximum atomic E-state index is 10.8. The molecule has 0 bridgehead atoms. The van der Waals surface area contributed by atoms with Crippen LogP contribution in [-0.4, -0.2) is 16.1 Å². The Kier molecular flexibility index (Phi) is 5.22. The van der Waals surface area contributed by atoms with Crippen LogP contribution >= 0.6 is 23.2 Å². The van der Waals surface area contributed by atoms with Crippen LogP contribution in [0.5, 0.6) is 0 Å². The second-order valence-electron chi connectivity index (χ2n) is 3.08. The van der Waals surface area contributed by atoms with Gasteiger partial charge in [-0.15, -0.1) is 0 Å². The lowest BCUT2D eigenvalue weighted by molar-refractivity contribution is -0.393. The molecule has 0 saturated carbocycles. The molecule has 0 heterocycles. The molecule has 10 heteroatoms. The average Bonchev–Trinajstić information content (AvgIpc) is 2.38. The van der Waals surface area contributed by atoms with Crippen LogP contribution in [0.4, 0.5) is 17.1 Å². The number of allylic oxidation sites excluding steroid dienone is 1. The highest BCUT2D eigenvalue weighted by Gasteiger charge is 2.18. The molecule has 1 aromatic rings. The largest absolute Gasteiger partial charge is 0.301 e. The number of non-ortho nitro benzene ring substituents is 1. The van der Waals surface area contributed by atoms with Crippen LogP contribution in [-0.2, 0) is 0 Å². The molecule has 100 valence electrons. The highest BCUT2D eigenvalue weighted by Crippen LogP contribution is 2.28. The zero-order valence-corrected chi connectivity index (χ0v) is 10.6. The summed E-state index contributed by atoms with van der Waals surface area (Å²) >= 11 is 10.8. The summed E-state index contributed by atoms with van der Waals surface area (Å²) in [5.41, 5.74) is 2.53. The Morgan fingerprint density at radius 2 is 2.00 bits per heavy atom. The van der Waals surface area contributed by atoms with Gasteiger partial charge in [-0.05, 0) is 6.07 Å². The highest BCUT2D eigenvalue weighted by atomic mass is 35.5. The van der Waals surface area contributed by atoms with Gasteiger partial charge in [0, 0.05) is 11.6 Å². The van der Waals surface area contributed by atoms with Gasteiger partial charge >= 0.3 is 5.69 Å². The maximum Gasteiger partial charge on any atom is 0.301 e. The number of benzene rings is 1. The van der Waals surface area contributed by atoms with E-state index in [2.05, 4.69) is 10.5 Å². The van der Waals surface area contributed by atoms with Gasteiger partial charge in [0.25, 0.3) is 5.69 Å². The monoisotopic (exact) mass is 304 g/mol. The second kappa shape index (κ2) is 6.66. The first-order chi connectivity index (χ1) is 8.95. The summed E-state index contributed by atoms with van der Waals surface area (Å²) in [5, 5.41) is 25.0. The van der Waals surface area contributed by atoms with E-state index in [9.17, 15) is 20.2 Å². The third-order valence-electron chi connectivity index (χ3n) is 1.87. The van der Waals surface area contributed by atoms with Crippen molar-refractivity contribution in [2.75, 3.05) is 5.43 Å². The van der Waals surface area contributed by atoms with E-state index in [1.807, 2.05) is 0 Å². The fourth-order valence-corrected chi connectivity index (χ4v) is 1.18. The quantitative estimate of drug-likeness (QED) is 0.510. The van der Waals surface area contributed by atoms with Crippen molar-refractivity contribution in [2.45, 2.75) is 0 Å². The van der Waals surface area contributed by atoms with Gasteiger partial charge < -0.3 is 0 Å². The number of hydrogen-bond acceptors (Lipinski definition) is 6. The lowest BCUT2D eigenvalue weighted by atomic mass is 10.2. The van der Waals surface area contributed by atoms with E-state index >= 15 is 0 Å². The van der Waals surface area contributed by atoms with Crippen LogP contribution < -0.4 is 5.43 Å². The van der Waals surface area contributed by atoms with Gasteiger partial charge in [-0.2, -0.15) is 5.10 Å². The molecule has 1 aromatic carbocycles. The molecule has 0 spiro atoms. The van der Waals surface area contributed by atoms with Crippen molar-refractivity contribution < 1.29 is 9.85 Å². The molecule has 1 N–H and O–H groups in total. The number of nitrogens with one attached hydrogen (secondary N) is 1. The molecular formula is C9H6Cl2N4O4. The minimum atomic E-state index is -0.760. The van der Waals surface area contributed by atoms with Crippen molar-refractivity contribution in [1.29, 1.82) is 0 Å². The van der Waals surface area contributed by atoms with E-state index in [-0.39, 0.29) is 16.4 Å². The summed E-state index contributed by atoms with van der Waals surface area (Å²) in [6.45, 7) is 0. The van der Waals surface area contributed by atoms with Crippen LogP contribution in [0.15, 0.2) is 33.9 Å². The summed E-state index contributed by atoms with van der Waals surface area (Å²) in [7, 11) is 0. The minimum absolute atomic E-state index is 0.00844. The molecule has 0 amide bonds. The molecule has 0 aliphatic heterocycles. The number of anilines is 1. The van der Waals surface area contributed by atoms with Gasteiger partial charge in [-0.3, -0.25) is 25.7 Å². The maximum absolute atomic E-state index is 10.8. The standard InChI is InChI=1S/C9H6Cl2N4O4/c10-4-6(11)5-12-13-8-2-1-7(14(16)17)3-9(8)15(18)19/h1-5,13H/b6-4+,12-5-. The Balaban J connectivity index is 3.04. The molecular weight excluding hydrogens is 299 g/mol. The van der Waals surface area contributed by atoms with Gasteiger partial charge in [0.15, 0.2) is 0 Å². The lowest BCUT2D eigenvalue weighted by Crippen LogP contribution is -1.98. The van der Waals surface area contributed by atoms with Crippen molar-refractivity contribution in [2.24, 2.45) is 5.10 Å². The molecule has 8 nitrogen and oxygen atoms in total. The molecule has 0 atom stereocenters. The third-order valence-corrected chi connectivity index (χ3v) is 2.42. The normalized spacial score (nSPS) is 11.6.